The molecule has 1 aliphatic rings. The Bertz CT molecular complexity index is 757. The lowest BCUT2D eigenvalue weighted by Gasteiger charge is -2.16. The predicted molar refractivity (Wildman–Crippen MR) is 89.9 cm³/mol. The maximum Gasteiger partial charge on any atom is 0.335 e. The number of hydrogen-bond acceptors (Lipinski definition) is 4. The van der Waals surface area contributed by atoms with E-state index < -0.39 is 5.97 Å². The predicted octanol–water partition coefficient (Wildman–Crippen LogP) is 3.15. The van der Waals surface area contributed by atoms with E-state index in [-0.39, 0.29) is 11.5 Å². The molecule has 6 heteroatoms. The summed E-state index contributed by atoms with van der Waals surface area (Å²) in [6, 6.07) is 16.0. The Labute approximate surface area is 137 Å². The van der Waals surface area contributed by atoms with Crippen molar-refractivity contribution in [3.8, 4) is 0 Å². The van der Waals surface area contributed by atoms with Gasteiger partial charge in [0, 0.05) is 0 Å². The number of aromatic carboxylic acids is 1. The highest BCUT2D eigenvalue weighted by Gasteiger charge is 2.28. The number of carboxylic acids is 1. The fourth-order valence-corrected chi connectivity index (χ4v) is 3.09. The van der Waals surface area contributed by atoms with E-state index in [1.165, 1.54) is 11.8 Å². The number of aliphatic imine (C=N–C) groups is 1. The molecule has 3 rings (SSSR count). The summed E-state index contributed by atoms with van der Waals surface area (Å²) in [6.45, 7) is 0.386. The molecule has 1 amide bonds. The molecule has 0 aliphatic carbocycles. The molecule has 1 N–H and O–H groups in total. The number of carbonyl (C=O) groups is 2. The minimum absolute atomic E-state index is 0.00647. The van der Waals surface area contributed by atoms with Gasteiger partial charge >= 0.3 is 5.97 Å². The SMILES string of the molecule is O=C(O)c1ccc(CN2C(=O)CSC2=Nc2ccccc2)cc1. The molecule has 0 unspecified atom stereocenters. The van der Waals surface area contributed by atoms with E-state index in [0.717, 1.165) is 11.3 Å². The summed E-state index contributed by atoms with van der Waals surface area (Å²) < 4.78 is 0. The molecule has 0 aromatic heterocycles. The van der Waals surface area contributed by atoms with Crippen LogP contribution >= 0.6 is 11.8 Å². The molecule has 2 aromatic carbocycles. The van der Waals surface area contributed by atoms with Crippen LogP contribution in [0.4, 0.5) is 5.69 Å². The van der Waals surface area contributed by atoms with Gasteiger partial charge in [0.15, 0.2) is 5.17 Å². The quantitative estimate of drug-likeness (QED) is 0.937. The van der Waals surface area contributed by atoms with Crippen molar-refractivity contribution < 1.29 is 14.7 Å². The summed E-state index contributed by atoms with van der Waals surface area (Å²) in [5.74, 6) is -0.582. The molecule has 0 radical (unpaired) electrons. The number of thioether (sulfide) groups is 1. The fourth-order valence-electron chi connectivity index (χ4n) is 2.19. The van der Waals surface area contributed by atoms with E-state index in [9.17, 15) is 9.59 Å². The molecule has 23 heavy (non-hydrogen) atoms. The molecule has 0 saturated carbocycles. The third kappa shape index (κ3) is 3.60. The first kappa shape index (κ1) is 15.3. The van der Waals surface area contributed by atoms with Gasteiger partial charge in [-0.15, -0.1) is 0 Å². The normalized spacial score (nSPS) is 16.1. The van der Waals surface area contributed by atoms with Gasteiger partial charge < -0.3 is 5.11 Å². The van der Waals surface area contributed by atoms with Crippen LogP contribution in [-0.2, 0) is 11.3 Å². The Kier molecular flexibility index (Phi) is 4.43. The molecule has 0 atom stereocenters. The largest absolute Gasteiger partial charge is 0.478 e. The van der Waals surface area contributed by atoms with Crippen molar-refractivity contribution in [3.63, 3.8) is 0 Å². The van der Waals surface area contributed by atoms with Crippen LogP contribution in [-0.4, -0.2) is 32.8 Å². The van der Waals surface area contributed by atoms with Gasteiger partial charge in [0.05, 0.1) is 23.5 Å². The van der Waals surface area contributed by atoms with E-state index in [0.29, 0.717) is 17.5 Å². The molecule has 5 nitrogen and oxygen atoms in total. The Hall–Kier alpha value is -2.60. The maximum atomic E-state index is 12.1. The van der Waals surface area contributed by atoms with E-state index in [2.05, 4.69) is 4.99 Å². The highest BCUT2D eigenvalue weighted by molar-refractivity contribution is 8.15. The first-order valence-corrected chi connectivity index (χ1v) is 8.01. The zero-order valence-electron chi connectivity index (χ0n) is 12.2. The van der Waals surface area contributed by atoms with Crippen LogP contribution in [0.3, 0.4) is 0 Å². The number of hydrogen-bond donors (Lipinski definition) is 1. The Balaban J connectivity index is 1.80. The van der Waals surface area contributed by atoms with Crippen molar-refractivity contribution in [1.29, 1.82) is 0 Å². The lowest BCUT2D eigenvalue weighted by Crippen LogP contribution is -2.28. The molecule has 116 valence electrons. The Morgan fingerprint density at radius 1 is 1.13 bits per heavy atom. The van der Waals surface area contributed by atoms with Crippen molar-refractivity contribution in [1.82, 2.24) is 4.90 Å². The van der Waals surface area contributed by atoms with Crippen molar-refractivity contribution >= 4 is 34.5 Å². The second-order valence-electron chi connectivity index (χ2n) is 5.00. The lowest BCUT2D eigenvalue weighted by molar-refractivity contribution is -0.124. The third-order valence-electron chi connectivity index (χ3n) is 3.38. The average molecular weight is 326 g/mol. The zero-order valence-corrected chi connectivity index (χ0v) is 13.0. The van der Waals surface area contributed by atoms with Crippen LogP contribution < -0.4 is 0 Å². The number of para-hydroxylation sites is 1. The van der Waals surface area contributed by atoms with Gasteiger partial charge in [-0.2, -0.15) is 0 Å². The summed E-state index contributed by atoms with van der Waals surface area (Å²) in [6.07, 6.45) is 0. The van der Waals surface area contributed by atoms with Crippen LogP contribution in [0.5, 0.6) is 0 Å². The Morgan fingerprint density at radius 3 is 2.48 bits per heavy atom. The van der Waals surface area contributed by atoms with Crippen molar-refractivity contribution in [2.24, 2.45) is 4.99 Å². The first-order chi connectivity index (χ1) is 11.1. The molecular weight excluding hydrogens is 312 g/mol. The minimum atomic E-state index is -0.962. The summed E-state index contributed by atoms with van der Waals surface area (Å²) >= 11 is 1.41. The molecule has 2 aromatic rings. The number of carboxylic acid groups (broad SMARTS) is 1. The number of amidine groups is 1. The van der Waals surface area contributed by atoms with E-state index in [1.807, 2.05) is 30.3 Å². The van der Waals surface area contributed by atoms with Crippen LogP contribution in [0.1, 0.15) is 15.9 Å². The zero-order chi connectivity index (χ0) is 16.2. The number of nitrogens with zero attached hydrogens (tertiary/aromatic N) is 2. The van der Waals surface area contributed by atoms with Gasteiger partial charge in [0.1, 0.15) is 0 Å². The van der Waals surface area contributed by atoms with Crippen molar-refractivity contribution in [3.05, 3.63) is 65.7 Å². The van der Waals surface area contributed by atoms with Crippen LogP contribution in [0, 0.1) is 0 Å². The van der Waals surface area contributed by atoms with E-state index >= 15 is 0 Å². The highest BCUT2D eigenvalue weighted by Crippen LogP contribution is 2.25. The van der Waals surface area contributed by atoms with Gasteiger partial charge in [0.2, 0.25) is 5.91 Å². The van der Waals surface area contributed by atoms with E-state index in [1.54, 1.807) is 29.2 Å². The number of amides is 1. The monoisotopic (exact) mass is 326 g/mol. The topological polar surface area (TPSA) is 70.0 Å². The van der Waals surface area contributed by atoms with Crippen LogP contribution in [0.15, 0.2) is 59.6 Å². The van der Waals surface area contributed by atoms with Crippen molar-refractivity contribution in [2.45, 2.75) is 6.54 Å². The van der Waals surface area contributed by atoms with Crippen molar-refractivity contribution in [2.75, 3.05) is 5.75 Å². The van der Waals surface area contributed by atoms with Gasteiger partial charge in [-0.25, -0.2) is 9.79 Å². The van der Waals surface area contributed by atoms with Crippen LogP contribution in [0.2, 0.25) is 0 Å². The molecule has 1 saturated heterocycles. The molecule has 1 heterocycles. The molecular formula is C17H14N2O3S. The summed E-state index contributed by atoms with van der Waals surface area (Å²) in [5.41, 5.74) is 1.90. The summed E-state index contributed by atoms with van der Waals surface area (Å²) in [5, 5.41) is 9.59. The molecule has 0 bridgehead atoms. The summed E-state index contributed by atoms with van der Waals surface area (Å²) in [7, 11) is 0. The van der Waals surface area contributed by atoms with Gasteiger partial charge in [-0.1, -0.05) is 42.1 Å². The number of carbonyl (C=O) groups excluding carboxylic acids is 1. The van der Waals surface area contributed by atoms with Gasteiger partial charge in [-0.3, -0.25) is 9.69 Å². The smallest absolute Gasteiger partial charge is 0.335 e. The molecule has 1 aliphatic heterocycles. The van der Waals surface area contributed by atoms with Crippen LogP contribution in [0.25, 0.3) is 0 Å². The number of benzene rings is 2. The second kappa shape index (κ2) is 6.66. The van der Waals surface area contributed by atoms with E-state index in [4.69, 9.17) is 5.11 Å². The van der Waals surface area contributed by atoms with Gasteiger partial charge in [-0.05, 0) is 29.8 Å². The average Bonchev–Trinajstić information content (AvgIpc) is 2.89. The summed E-state index contributed by atoms with van der Waals surface area (Å²) in [4.78, 5) is 29.1. The second-order valence-corrected chi connectivity index (χ2v) is 5.94. The fraction of sp³-hybridized carbons (Fsp3) is 0.118. The highest BCUT2D eigenvalue weighted by atomic mass is 32.2. The minimum Gasteiger partial charge on any atom is -0.478 e. The molecule has 1 fully saturated rings. The Morgan fingerprint density at radius 2 is 1.83 bits per heavy atom. The molecule has 0 spiro atoms. The lowest BCUT2D eigenvalue weighted by atomic mass is 10.1. The standard InChI is InChI=1S/C17H14N2O3S/c20-15-11-23-17(18-14-4-2-1-3-5-14)19(15)10-12-6-8-13(9-7-12)16(21)22/h1-9H,10-11H2,(H,21,22). The first-order valence-electron chi connectivity index (χ1n) is 7.02. The van der Waals surface area contributed by atoms with Gasteiger partial charge in [0.25, 0.3) is 0 Å². The number of rotatable bonds is 4. The third-order valence-corrected chi connectivity index (χ3v) is 4.34. The maximum absolute atomic E-state index is 12.1.